The van der Waals surface area contributed by atoms with Gasteiger partial charge in [0.05, 0.1) is 11.9 Å². The maximum absolute atomic E-state index is 12.3. The topological polar surface area (TPSA) is 58.6 Å². The Kier molecular flexibility index (Phi) is 5.62. The van der Waals surface area contributed by atoms with Gasteiger partial charge in [0, 0.05) is 20.2 Å². The molecule has 19 heavy (non-hydrogen) atoms. The maximum atomic E-state index is 12.3. The third-order valence-electron chi connectivity index (χ3n) is 4.37. The molecule has 2 aliphatic rings. The zero-order valence-electron chi connectivity index (χ0n) is 11.8. The molecule has 2 fully saturated rings. The number of ether oxygens (including phenoxy) is 1. The molecule has 1 N–H and O–H groups in total. The number of hydrogen-bond donors (Lipinski definition) is 1. The molecule has 0 aromatic heterocycles. The predicted octanol–water partition coefficient (Wildman–Crippen LogP) is 0.817. The molecule has 0 unspecified atom stereocenters. The van der Waals surface area contributed by atoms with E-state index in [1.807, 2.05) is 0 Å². The summed E-state index contributed by atoms with van der Waals surface area (Å²) in [6, 6.07) is 0. The Balaban J connectivity index is 1.78. The van der Waals surface area contributed by atoms with Crippen molar-refractivity contribution in [2.75, 3.05) is 39.0 Å². The highest BCUT2D eigenvalue weighted by atomic mass is 32.2. The van der Waals surface area contributed by atoms with Gasteiger partial charge >= 0.3 is 0 Å². The first-order valence-corrected chi connectivity index (χ1v) is 8.94. The van der Waals surface area contributed by atoms with Crippen LogP contribution in [0.2, 0.25) is 0 Å². The van der Waals surface area contributed by atoms with E-state index < -0.39 is 10.0 Å². The minimum atomic E-state index is -3.06. The summed E-state index contributed by atoms with van der Waals surface area (Å²) in [4.78, 5) is 0. The predicted molar refractivity (Wildman–Crippen MR) is 75.6 cm³/mol. The summed E-state index contributed by atoms with van der Waals surface area (Å²) >= 11 is 0. The van der Waals surface area contributed by atoms with Crippen molar-refractivity contribution in [3.05, 3.63) is 0 Å². The Bertz CT molecular complexity index is 358. The van der Waals surface area contributed by atoms with Crippen molar-refractivity contribution in [3.8, 4) is 0 Å². The molecule has 0 radical (unpaired) electrons. The summed E-state index contributed by atoms with van der Waals surface area (Å²) in [5, 5.41) is 3.31. The summed E-state index contributed by atoms with van der Waals surface area (Å²) in [5.41, 5.74) is 0. The Labute approximate surface area is 116 Å². The molecule has 0 spiro atoms. The highest BCUT2D eigenvalue weighted by molar-refractivity contribution is 7.89. The number of sulfonamides is 1. The summed E-state index contributed by atoms with van der Waals surface area (Å²) < 4.78 is 31.5. The monoisotopic (exact) mass is 290 g/mol. The fraction of sp³-hybridized carbons (Fsp3) is 1.00. The smallest absolute Gasteiger partial charge is 0.214 e. The molecular weight excluding hydrogens is 264 g/mol. The van der Waals surface area contributed by atoms with Gasteiger partial charge in [0.1, 0.15) is 0 Å². The zero-order chi connectivity index (χ0) is 13.7. The molecule has 0 atom stereocenters. The van der Waals surface area contributed by atoms with Crippen LogP contribution >= 0.6 is 0 Å². The van der Waals surface area contributed by atoms with Gasteiger partial charge in [-0.1, -0.05) is 0 Å². The van der Waals surface area contributed by atoms with Gasteiger partial charge in [-0.3, -0.25) is 0 Å². The fourth-order valence-corrected chi connectivity index (χ4v) is 4.62. The van der Waals surface area contributed by atoms with Gasteiger partial charge in [-0.15, -0.1) is 0 Å². The lowest BCUT2D eigenvalue weighted by molar-refractivity contribution is 0.0604. The van der Waals surface area contributed by atoms with Gasteiger partial charge in [0.25, 0.3) is 0 Å². The van der Waals surface area contributed by atoms with Gasteiger partial charge in [-0.25, -0.2) is 12.7 Å². The minimum Gasteiger partial charge on any atom is -0.381 e. The van der Waals surface area contributed by atoms with Crippen LogP contribution < -0.4 is 5.32 Å². The first kappa shape index (κ1) is 15.2. The van der Waals surface area contributed by atoms with E-state index in [1.54, 1.807) is 11.4 Å². The third-order valence-corrected chi connectivity index (χ3v) is 6.27. The molecule has 0 aromatic rings. The van der Waals surface area contributed by atoms with Crippen molar-refractivity contribution >= 4 is 10.0 Å². The second-order valence-corrected chi connectivity index (χ2v) is 7.72. The van der Waals surface area contributed by atoms with E-state index in [1.165, 1.54) is 0 Å². The molecule has 0 amide bonds. The van der Waals surface area contributed by atoms with Crippen LogP contribution in [-0.4, -0.2) is 57.9 Å². The van der Waals surface area contributed by atoms with E-state index in [4.69, 9.17) is 4.74 Å². The molecule has 2 rings (SSSR count). The molecule has 0 saturated carbocycles. The molecule has 0 bridgehead atoms. The molecule has 112 valence electrons. The molecular formula is C13H26N2O3S. The number of nitrogens with zero attached hydrogens (tertiary/aromatic N) is 1. The number of methoxy groups -OCH3 is 1. The molecule has 2 saturated heterocycles. The highest BCUT2D eigenvalue weighted by Crippen LogP contribution is 2.20. The normalized spacial score (nSPS) is 24.7. The van der Waals surface area contributed by atoms with Crippen molar-refractivity contribution in [1.82, 2.24) is 9.62 Å². The summed E-state index contributed by atoms with van der Waals surface area (Å²) in [5.74, 6) is 0.891. The zero-order valence-corrected chi connectivity index (χ0v) is 12.6. The van der Waals surface area contributed by atoms with Crippen LogP contribution in [0.25, 0.3) is 0 Å². The van der Waals surface area contributed by atoms with E-state index in [0.717, 1.165) is 45.2 Å². The van der Waals surface area contributed by atoms with Crippen molar-refractivity contribution < 1.29 is 13.2 Å². The summed E-state index contributed by atoms with van der Waals surface area (Å²) in [6.45, 7) is 3.30. The second-order valence-electron chi connectivity index (χ2n) is 5.63. The van der Waals surface area contributed by atoms with Crippen molar-refractivity contribution in [2.24, 2.45) is 5.92 Å². The average Bonchev–Trinajstić information content (AvgIpc) is 2.46. The van der Waals surface area contributed by atoms with E-state index in [-0.39, 0.29) is 6.10 Å². The standard InChI is InChI=1S/C13H26N2O3S/c1-18-13-4-9-15(10-5-13)19(16,17)11-6-12-2-7-14-8-3-12/h12-14H,2-11H2,1H3. The van der Waals surface area contributed by atoms with Crippen LogP contribution in [0.3, 0.4) is 0 Å². The van der Waals surface area contributed by atoms with Crippen LogP contribution in [0.1, 0.15) is 32.1 Å². The molecule has 5 nitrogen and oxygen atoms in total. The van der Waals surface area contributed by atoms with Gasteiger partial charge in [-0.05, 0) is 51.1 Å². The Morgan fingerprint density at radius 2 is 1.79 bits per heavy atom. The van der Waals surface area contributed by atoms with Gasteiger partial charge in [-0.2, -0.15) is 0 Å². The Hall–Kier alpha value is -0.170. The van der Waals surface area contributed by atoms with Crippen LogP contribution in [0.5, 0.6) is 0 Å². The van der Waals surface area contributed by atoms with Gasteiger partial charge in [0.15, 0.2) is 0 Å². The lowest BCUT2D eigenvalue weighted by atomic mass is 9.96. The van der Waals surface area contributed by atoms with Crippen LogP contribution in [0, 0.1) is 5.92 Å². The van der Waals surface area contributed by atoms with E-state index in [2.05, 4.69) is 5.32 Å². The Morgan fingerprint density at radius 3 is 2.37 bits per heavy atom. The molecule has 0 aromatic carbocycles. The summed E-state index contributed by atoms with van der Waals surface area (Å²) in [7, 11) is -1.36. The van der Waals surface area contributed by atoms with E-state index in [0.29, 0.717) is 24.8 Å². The van der Waals surface area contributed by atoms with Crippen molar-refractivity contribution in [3.63, 3.8) is 0 Å². The molecule has 2 aliphatic heterocycles. The second kappa shape index (κ2) is 7.02. The van der Waals surface area contributed by atoms with Gasteiger partial charge < -0.3 is 10.1 Å². The maximum Gasteiger partial charge on any atom is 0.214 e. The van der Waals surface area contributed by atoms with Crippen LogP contribution in [0.15, 0.2) is 0 Å². The van der Waals surface area contributed by atoms with Crippen LogP contribution in [0.4, 0.5) is 0 Å². The van der Waals surface area contributed by atoms with Crippen molar-refractivity contribution in [1.29, 1.82) is 0 Å². The molecule has 0 aliphatic carbocycles. The minimum absolute atomic E-state index is 0.232. The largest absolute Gasteiger partial charge is 0.381 e. The highest BCUT2D eigenvalue weighted by Gasteiger charge is 2.28. The first-order valence-electron chi connectivity index (χ1n) is 7.33. The number of hydrogen-bond acceptors (Lipinski definition) is 4. The number of piperidine rings is 2. The first-order chi connectivity index (χ1) is 9.12. The van der Waals surface area contributed by atoms with Gasteiger partial charge in [0.2, 0.25) is 10.0 Å². The quantitative estimate of drug-likeness (QED) is 0.814. The van der Waals surface area contributed by atoms with Crippen molar-refractivity contribution in [2.45, 2.75) is 38.2 Å². The van der Waals surface area contributed by atoms with Crippen LogP contribution in [-0.2, 0) is 14.8 Å². The lowest BCUT2D eigenvalue weighted by Gasteiger charge is -2.31. The SMILES string of the molecule is COC1CCN(S(=O)(=O)CCC2CCNCC2)CC1. The fourth-order valence-electron chi connectivity index (χ4n) is 2.96. The third kappa shape index (κ3) is 4.41. The molecule has 2 heterocycles. The Morgan fingerprint density at radius 1 is 1.16 bits per heavy atom. The summed E-state index contributed by atoms with van der Waals surface area (Å²) in [6.07, 6.45) is 4.92. The van der Waals surface area contributed by atoms with E-state index >= 15 is 0 Å². The number of nitrogens with one attached hydrogen (secondary N) is 1. The molecule has 6 heteroatoms. The lowest BCUT2D eigenvalue weighted by Crippen LogP contribution is -2.42. The number of rotatable bonds is 5. The van der Waals surface area contributed by atoms with E-state index in [9.17, 15) is 8.42 Å². The average molecular weight is 290 g/mol.